The van der Waals surface area contributed by atoms with Crippen molar-refractivity contribution in [3.63, 3.8) is 0 Å². The van der Waals surface area contributed by atoms with Gasteiger partial charge in [0.2, 0.25) is 0 Å². The average molecular weight is 399 g/mol. The van der Waals surface area contributed by atoms with E-state index in [9.17, 15) is 4.79 Å². The number of hydrogen-bond acceptors (Lipinski definition) is 4. The molecular formula is C26H26N2O2. The molecule has 30 heavy (non-hydrogen) atoms. The summed E-state index contributed by atoms with van der Waals surface area (Å²) in [5.74, 6) is -0.307. The number of fused-ring (bicyclic) bond motifs is 1. The van der Waals surface area contributed by atoms with E-state index in [0.29, 0.717) is 12.2 Å². The van der Waals surface area contributed by atoms with Crippen molar-refractivity contribution >= 4 is 23.6 Å². The largest absolute Gasteiger partial charge is 0.462 e. The Bertz CT molecular complexity index is 1050. The molecule has 4 rings (SSSR count). The topological polar surface area (TPSA) is 41.9 Å². The minimum atomic E-state index is -0.307. The van der Waals surface area contributed by atoms with Crippen LogP contribution in [0.2, 0.25) is 0 Å². The summed E-state index contributed by atoms with van der Waals surface area (Å²) in [6.45, 7) is 8.44. The molecule has 152 valence electrons. The number of carbonyl (C=O) groups is 1. The second-order valence-electron chi connectivity index (χ2n) is 7.68. The van der Waals surface area contributed by atoms with Crippen LogP contribution in [0.5, 0.6) is 0 Å². The molecule has 0 amide bonds. The van der Waals surface area contributed by atoms with Crippen LogP contribution >= 0.6 is 0 Å². The van der Waals surface area contributed by atoms with E-state index in [0.717, 1.165) is 24.3 Å². The number of aliphatic imine (C=N–C) groups is 1. The second kappa shape index (κ2) is 8.54. The number of benzene rings is 3. The number of esters is 1. The lowest BCUT2D eigenvalue weighted by atomic mass is 10.0. The van der Waals surface area contributed by atoms with Gasteiger partial charge in [-0.1, -0.05) is 24.3 Å². The van der Waals surface area contributed by atoms with Crippen LogP contribution in [0.25, 0.3) is 0 Å². The van der Waals surface area contributed by atoms with Crippen molar-refractivity contribution in [2.75, 3.05) is 11.5 Å². The number of aryl methyl sites for hydroxylation is 2. The van der Waals surface area contributed by atoms with Crippen molar-refractivity contribution in [3.8, 4) is 0 Å². The van der Waals surface area contributed by atoms with E-state index >= 15 is 0 Å². The molecule has 3 aromatic rings. The van der Waals surface area contributed by atoms with Gasteiger partial charge in [0, 0.05) is 25.0 Å². The number of hydrogen-bond donors (Lipinski definition) is 0. The Morgan fingerprint density at radius 2 is 1.57 bits per heavy atom. The van der Waals surface area contributed by atoms with Crippen molar-refractivity contribution in [2.45, 2.75) is 33.9 Å². The van der Waals surface area contributed by atoms with Crippen molar-refractivity contribution < 1.29 is 9.53 Å². The Labute approximate surface area is 177 Å². The predicted molar refractivity (Wildman–Crippen MR) is 122 cm³/mol. The minimum Gasteiger partial charge on any atom is -0.462 e. The molecule has 0 saturated heterocycles. The lowest BCUT2D eigenvalue weighted by Gasteiger charge is -2.17. The van der Waals surface area contributed by atoms with Crippen molar-refractivity contribution in [1.29, 1.82) is 0 Å². The van der Waals surface area contributed by atoms with E-state index < -0.39 is 0 Å². The summed E-state index contributed by atoms with van der Waals surface area (Å²) in [5.41, 5.74) is 9.17. The van der Waals surface area contributed by atoms with Gasteiger partial charge >= 0.3 is 5.97 Å². The van der Waals surface area contributed by atoms with Gasteiger partial charge in [-0.05, 0) is 85.0 Å². The van der Waals surface area contributed by atoms with Crippen LogP contribution in [-0.2, 0) is 17.8 Å². The maximum atomic E-state index is 11.7. The van der Waals surface area contributed by atoms with E-state index in [1.165, 1.54) is 27.9 Å². The molecule has 0 unspecified atom stereocenters. The highest BCUT2D eigenvalue weighted by molar-refractivity contribution is 5.90. The van der Waals surface area contributed by atoms with Gasteiger partial charge in [0.1, 0.15) is 0 Å². The van der Waals surface area contributed by atoms with Crippen LogP contribution in [0.1, 0.15) is 45.1 Å². The first-order valence-electron chi connectivity index (χ1n) is 10.3. The number of anilines is 1. The van der Waals surface area contributed by atoms with Gasteiger partial charge in [-0.25, -0.2) is 4.79 Å². The van der Waals surface area contributed by atoms with E-state index in [2.05, 4.69) is 60.1 Å². The molecule has 1 heterocycles. The third-order valence-electron chi connectivity index (χ3n) is 5.54. The van der Waals surface area contributed by atoms with Gasteiger partial charge in [-0.2, -0.15) is 0 Å². The molecule has 3 aromatic carbocycles. The highest BCUT2D eigenvalue weighted by Crippen LogP contribution is 2.30. The molecule has 1 aliphatic rings. The molecule has 0 bridgehead atoms. The van der Waals surface area contributed by atoms with E-state index in [4.69, 9.17) is 4.74 Å². The van der Waals surface area contributed by atoms with Crippen molar-refractivity contribution in [3.05, 3.63) is 94.0 Å². The van der Waals surface area contributed by atoms with Crippen LogP contribution in [0.3, 0.4) is 0 Å². The molecule has 0 N–H and O–H groups in total. The van der Waals surface area contributed by atoms with Gasteiger partial charge in [-0.3, -0.25) is 4.99 Å². The van der Waals surface area contributed by atoms with Gasteiger partial charge in [-0.15, -0.1) is 0 Å². The van der Waals surface area contributed by atoms with Crippen molar-refractivity contribution in [2.24, 2.45) is 4.99 Å². The maximum Gasteiger partial charge on any atom is 0.338 e. The molecule has 1 aliphatic heterocycles. The fourth-order valence-corrected chi connectivity index (χ4v) is 3.70. The zero-order chi connectivity index (χ0) is 21.1. The monoisotopic (exact) mass is 398 g/mol. The molecular weight excluding hydrogens is 372 g/mol. The molecule has 0 aliphatic carbocycles. The summed E-state index contributed by atoms with van der Waals surface area (Å²) in [7, 11) is 0. The standard InChI is InChI=1S/C26H26N2O2/c1-4-30-26(29)21-7-9-24(10-8-21)27-15-20-5-11-25(12-6-20)28-16-22-13-18(2)19(3)14-23(22)17-28/h5-15H,4,16-17H2,1-3H3. The van der Waals surface area contributed by atoms with Crippen LogP contribution in [0.15, 0.2) is 65.7 Å². The summed E-state index contributed by atoms with van der Waals surface area (Å²) in [4.78, 5) is 18.6. The summed E-state index contributed by atoms with van der Waals surface area (Å²) in [6.07, 6.45) is 1.84. The fourth-order valence-electron chi connectivity index (χ4n) is 3.70. The Kier molecular flexibility index (Phi) is 5.66. The molecule has 0 atom stereocenters. The highest BCUT2D eigenvalue weighted by Gasteiger charge is 2.19. The Morgan fingerprint density at radius 3 is 2.13 bits per heavy atom. The van der Waals surface area contributed by atoms with Crippen LogP contribution < -0.4 is 4.90 Å². The minimum absolute atomic E-state index is 0.307. The third-order valence-corrected chi connectivity index (χ3v) is 5.54. The second-order valence-corrected chi connectivity index (χ2v) is 7.68. The summed E-state index contributed by atoms with van der Waals surface area (Å²) < 4.78 is 5.00. The van der Waals surface area contributed by atoms with Crippen LogP contribution in [0, 0.1) is 13.8 Å². The molecule has 0 aromatic heterocycles. The molecule has 4 heteroatoms. The number of carbonyl (C=O) groups excluding carboxylic acids is 1. The van der Waals surface area contributed by atoms with Crippen molar-refractivity contribution in [1.82, 2.24) is 0 Å². The zero-order valence-corrected chi connectivity index (χ0v) is 17.7. The molecule has 0 saturated carbocycles. The third kappa shape index (κ3) is 4.28. The van der Waals surface area contributed by atoms with Gasteiger partial charge in [0.15, 0.2) is 0 Å². The number of nitrogens with zero attached hydrogens (tertiary/aromatic N) is 2. The van der Waals surface area contributed by atoms with Crippen LogP contribution in [-0.4, -0.2) is 18.8 Å². The smallest absolute Gasteiger partial charge is 0.338 e. The quantitative estimate of drug-likeness (QED) is 0.406. The summed E-state index contributed by atoms with van der Waals surface area (Å²) >= 11 is 0. The SMILES string of the molecule is CCOC(=O)c1ccc(N=Cc2ccc(N3Cc4cc(C)c(C)cc4C3)cc2)cc1. The molecule has 0 radical (unpaired) electrons. The zero-order valence-electron chi connectivity index (χ0n) is 17.7. The average Bonchev–Trinajstić information content (AvgIpc) is 3.16. The highest BCUT2D eigenvalue weighted by atomic mass is 16.5. The summed E-state index contributed by atoms with van der Waals surface area (Å²) in [5, 5.41) is 0. The number of ether oxygens (including phenoxy) is 1. The molecule has 0 fully saturated rings. The maximum absolute atomic E-state index is 11.7. The van der Waals surface area contributed by atoms with Crippen LogP contribution in [0.4, 0.5) is 11.4 Å². The normalized spacial score (nSPS) is 13.0. The fraction of sp³-hybridized carbons (Fsp3) is 0.231. The first-order chi connectivity index (χ1) is 14.5. The van der Waals surface area contributed by atoms with E-state index in [1.54, 1.807) is 19.1 Å². The van der Waals surface area contributed by atoms with Gasteiger partial charge < -0.3 is 9.64 Å². The number of rotatable bonds is 5. The Balaban J connectivity index is 1.41. The Hall–Kier alpha value is -3.40. The van der Waals surface area contributed by atoms with Gasteiger partial charge in [0.05, 0.1) is 17.9 Å². The van der Waals surface area contributed by atoms with Gasteiger partial charge in [0.25, 0.3) is 0 Å². The molecule has 0 spiro atoms. The molecule has 4 nitrogen and oxygen atoms in total. The van der Waals surface area contributed by atoms with E-state index in [1.807, 2.05) is 18.3 Å². The lowest BCUT2D eigenvalue weighted by molar-refractivity contribution is 0.0526. The first-order valence-corrected chi connectivity index (χ1v) is 10.3. The summed E-state index contributed by atoms with van der Waals surface area (Å²) in [6, 6.07) is 20.2. The van der Waals surface area contributed by atoms with E-state index in [-0.39, 0.29) is 5.97 Å². The lowest BCUT2D eigenvalue weighted by Crippen LogP contribution is -2.14. The first kappa shape index (κ1) is 19.9. The predicted octanol–water partition coefficient (Wildman–Crippen LogP) is 5.75. The Morgan fingerprint density at radius 1 is 0.967 bits per heavy atom.